The number of anilines is 1. The zero-order valence-corrected chi connectivity index (χ0v) is 13.8. The van der Waals surface area contributed by atoms with Crippen molar-refractivity contribution in [3.05, 3.63) is 64.7 Å². The molecule has 124 valence electrons. The highest BCUT2D eigenvalue weighted by Crippen LogP contribution is 2.15. The Hall–Kier alpha value is -2.66. The highest BCUT2D eigenvalue weighted by atomic mass is 35.5. The van der Waals surface area contributed by atoms with Gasteiger partial charge in [0.15, 0.2) is 5.78 Å². The molecule has 0 heterocycles. The number of rotatable bonds is 6. The normalized spacial score (nSPS) is 10.1. The summed E-state index contributed by atoms with van der Waals surface area (Å²) < 4.78 is 4.63. The molecule has 1 N–H and O–H groups in total. The first-order valence-electron chi connectivity index (χ1n) is 7.26. The van der Waals surface area contributed by atoms with E-state index in [1.807, 2.05) is 0 Å². The molecule has 0 aliphatic heterocycles. The molecule has 2 rings (SSSR count). The zero-order chi connectivity index (χ0) is 17.5. The quantitative estimate of drug-likeness (QED) is 0.639. The summed E-state index contributed by atoms with van der Waals surface area (Å²) in [5.41, 5.74) is 1.28. The van der Waals surface area contributed by atoms with E-state index in [1.165, 1.54) is 13.2 Å². The number of ether oxygens (including phenoxy) is 1. The maximum atomic E-state index is 12.0. The molecule has 0 aromatic heterocycles. The van der Waals surface area contributed by atoms with Crippen LogP contribution in [0.2, 0.25) is 5.02 Å². The molecule has 2 aromatic rings. The molecule has 0 bridgehead atoms. The van der Waals surface area contributed by atoms with Gasteiger partial charge in [-0.05, 0) is 30.3 Å². The molecule has 0 fully saturated rings. The van der Waals surface area contributed by atoms with Gasteiger partial charge in [-0.15, -0.1) is 0 Å². The van der Waals surface area contributed by atoms with Gasteiger partial charge in [0.2, 0.25) is 5.91 Å². The second-order valence-corrected chi connectivity index (χ2v) is 5.49. The van der Waals surface area contributed by atoms with Crippen LogP contribution in [-0.2, 0) is 9.53 Å². The van der Waals surface area contributed by atoms with E-state index in [0.717, 1.165) is 0 Å². The fraction of sp³-hybridized carbons (Fsp3) is 0.167. The van der Waals surface area contributed by atoms with Gasteiger partial charge in [0.25, 0.3) is 0 Å². The summed E-state index contributed by atoms with van der Waals surface area (Å²) in [6.45, 7) is 0. The Morgan fingerprint density at radius 1 is 1.00 bits per heavy atom. The number of hydrogen-bond donors (Lipinski definition) is 1. The summed E-state index contributed by atoms with van der Waals surface area (Å²) in [7, 11) is 1.29. The predicted molar refractivity (Wildman–Crippen MR) is 91.4 cm³/mol. The number of carbonyl (C=O) groups is 3. The van der Waals surface area contributed by atoms with E-state index in [0.29, 0.717) is 21.8 Å². The molecule has 0 aliphatic carbocycles. The molecule has 6 heteroatoms. The number of hydrogen-bond acceptors (Lipinski definition) is 4. The van der Waals surface area contributed by atoms with E-state index in [4.69, 9.17) is 11.6 Å². The van der Waals surface area contributed by atoms with Crippen LogP contribution in [0.4, 0.5) is 5.69 Å². The van der Waals surface area contributed by atoms with Crippen molar-refractivity contribution in [1.29, 1.82) is 0 Å². The Morgan fingerprint density at radius 3 is 2.42 bits per heavy atom. The van der Waals surface area contributed by atoms with Crippen LogP contribution < -0.4 is 5.32 Å². The van der Waals surface area contributed by atoms with E-state index < -0.39 is 5.97 Å². The van der Waals surface area contributed by atoms with E-state index in [-0.39, 0.29) is 24.5 Å². The largest absolute Gasteiger partial charge is 0.465 e. The Bertz CT molecular complexity index is 773. The maximum Gasteiger partial charge on any atom is 0.337 e. The van der Waals surface area contributed by atoms with Crippen molar-refractivity contribution in [1.82, 2.24) is 0 Å². The molecular weight excluding hydrogens is 330 g/mol. The Kier molecular flexibility index (Phi) is 6.09. The van der Waals surface area contributed by atoms with Crippen LogP contribution in [0.5, 0.6) is 0 Å². The first-order chi connectivity index (χ1) is 11.5. The first-order valence-corrected chi connectivity index (χ1v) is 7.64. The molecule has 24 heavy (non-hydrogen) atoms. The summed E-state index contributed by atoms with van der Waals surface area (Å²) in [6, 6.07) is 13.0. The van der Waals surface area contributed by atoms with Crippen molar-refractivity contribution in [2.75, 3.05) is 12.4 Å². The van der Waals surface area contributed by atoms with Gasteiger partial charge in [0.05, 0.1) is 12.7 Å². The lowest BCUT2D eigenvalue weighted by Crippen LogP contribution is -2.14. The number of nitrogens with one attached hydrogen (secondary N) is 1. The van der Waals surface area contributed by atoms with E-state index in [9.17, 15) is 14.4 Å². The second-order valence-electron chi connectivity index (χ2n) is 5.05. The summed E-state index contributed by atoms with van der Waals surface area (Å²) >= 11 is 5.84. The molecule has 0 saturated carbocycles. The molecule has 0 atom stereocenters. The van der Waals surface area contributed by atoms with Crippen molar-refractivity contribution in [2.24, 2.45) is 0 Å². The third-order valence-electron chi connectivity index (χ3n) is 3.29. The first kappa shape index (κ1) is 17.7. The molecule has 5 nitrogen and oxygen atoms in total. The van der Waals surface area contributed by atoms with Crippen molar-refractivity contribution >= 4 is 34.9 Å². The molecule has 0 spiro atoms. The molecule has 2 aromatic carbocycles. The number of halogens is 1. The zero-order valence-electron chi connectivity index (χ0n) is 13.0. The van der Waals surface area contributed by atoms with Gasteiger partial charge >= 0.3 is 5.97 Å². The number of amides is 1. The van der Waals surface area contributed by atoms with E-state index in [2.05, 4.69) is 10.1 Å². The number of methoxy groups -OCH3 is 1. The van der Waals surface area contributed by atoms with E-state index >= 15 is 0 Å². The maximum absolute atomic E-state index is 12.0. The smallest absolute Gasteiger partial charge is 0.337 e. The molecule has 0 unspecified atom stereocenters. The SMILES string of the molecule is COC(=O)c1cccc(NC(=O)CCC(=O)c2cccc(Cl)c2)c1. The Labute approximate surface area is 144 Å². The molecule has 0 aliphatic rings. The number of Topliss-reactive ketones (excluding diaryl/α,β-unsaturated/α-hetero) is 1. The lowest BCUT2D eigenvalue weighted by atomic mass is 10.1. The van der Waals surface area contributed by atoms with Gasteiger partial charge in [0, 0.05) is 29.1 Å². The van der Waals surface area contributed by atoms with Gasteiger partial charge < -0.3 is 10.1 Å². The van der Waals surface area contributed by atoms with Crippen molar-refractivity contribution in [3.8, 4) is 0 Å². The summed E-state index contributed by atoms with van der Waals surface area (Å²) in [6.07, 6.45) is 0.108. The summed E-state index contributed by atoms with van der Waals surface area (Å²) in [5, 5.41) is 3.13. The van der Waals surface area contributed by atoms with Gasteiger partial charge in [-0.2, -0.15) is 0 Å². The van der Waals surface area contributed by atoms with Crippen LogP contribution in [0.25, 0.3) is 0 Å². The van der Waals surface area contributed by atoms with Gasteiger partial charge in [-0.25, -0.2) is 4.79 Å². The minimum absolute atomic E-state index is 0.0355. The highest BCUT2D eigenvalue weighted by Gasteiger charge is 2.11. The van der Waals surface area contributed by atoms with E-state index in [1.54, 1.807) is 42.5 Å². The minimum atomic E-state index is -0.484. The highest BCUT2D eigenvalue weighted by molar-refractivity contribution is 6.31. The van der Waals surface area contributed by atoms with Crippen LogP contribution in [-0.4, -0.2) is 24.8 Å². The minimum Gasteiger partial charge on any atom is -0.465 e. The third kappa shape index (κ3) is 4.93. The van der Waals surface area contributed by atoms with Crippen molar-refractivity contribution < 1.29 is 19.1 Å². The molecule has 0 radical (unpaired) electrons. The summed E-state index contributed by atoms with van der Waals surface area (Å²) in [4.78, 5) is 35.5. The average Bonchev–Trinajstić information content (AvgIpc) is 2.59. The molecular formula is C18H16ClNO4. The van der Waals surface area contributed by atoms with Gasteiger partial charge in [0.1, 0.15) is 0 Å². The van der Waals surface area contributed by atoms with Gasteiger partial charge in [-0.1, -0.05) is 29.8 Å². The average molecular weight is 346 g/mol. The third-order valence-corrected chi connectivity index (χ3v) is 3.53. The Balaban J connectivity index is 1.92. The van der Waals surface area contributed by atoms with Crippen LogP contribution >= 0.6 is 11.6 Å². The van der Waals surface area contributed by atoms with Crippen LogP contribution in [0.15, 0.2) is 48.5 Å². The number of ketones is 1. The number of carbonyl (C=O) groups excluding carboxylic acids is 3. The molecule has 0 saturated heterocycles. The molecule has 1 amide bonds. The lowest BCUT2D eigenvalue weighted by molar-refractivity contribution is -0.116. The van der Waals surface area contributed by atoms with Crippen molar-refractivity contribution in [3.63, 3.8) is 0 Å². The van der Waals surface area contributed by atoms with Crippen LogP contribution in [0, 0.1) is 0 Å². The number of benzene rings is 2. The number of esters is 1. The Morgan fingerprint density at radius 2 is 1.71 bits per heavy atom. The second kappa shape index (κ2) is 8.26. The van der Waals surface area contributed by atoms with Gasteiger partial charge in [-0.3, -0.25) is 9.59 Å². The standard InChI is InChI=1S/C18H16ClNO4/c1-24-18(23)13-5-3-7-15(11-13)20-17(22)9-8-16(21)12-4-2-6-14(19)10-12/h2-7,10-11H,8-9H2,1H3,(H,20,22). The van der Waals surface area contributed by atoms with Crippen LogP contribution in [0.1, 0.15) is 33.6 Å². The topological polar surface area (TPSA) is 72.5 Å². The van der Waals surface area contributed by atoms with Crippen molar-refractivity contribution in [2.45, 2.75) is 12.8 Å². The monoisotopic (exact) mass is 345 g/mol. The fourth-order valence-corrected chi connectivity index (χ4v) is 2.29. The fourth-order valence-electron chi connectivity index (χ4n) is 2.10. The lowest BCUT2D eigenvalue weighted by Gasteiger charge is -2.07. The summed E-state index contributed by atoms with van der Waals surface area (Å²) in [5.74, 6) is -0.953. The van der Waals surface area contributed by atoms with Crippen LogP contribution in [0.3, 0.4) is 0 Å². The predicted octanol–water partition coefficient (Wildman–Crippen LogP) is 3.73.